The van der Waals surface area contributed by atoms with Crippen molar-refractivity contribution in [2.24, 2.45) is 0 Å². The number of pyridine rings is 1. The average Bonchev–Trinajstić information content (AvgIpc) is 3.19. The molecule has 0 spiro atoms. The highest BCUT2D eigenvalue weighted by Crippen LogP contribution is 2.32. The van der Waals surface area contributed by atoms with Crippen LogP contribution in [0.3, 0.4) is 0 Å². The number of halogens is 2. The van der Waals surface area contributed by atoms with Crippen LogP contribution in [-0.4, -0.2) is 39.5 Å². The van der Waals surface area contributed by atoms with Crippen molar-refractivity contribution in [2.45, 2.75) is 38.7 Å². The van der Waals surface area contributed by atoms with Gasteiger partial charge in [0.05, 0.1) is 35.9 Å². The minimum Gasteiger partial charge on any atom is -0.361 e. The molecule has 1 aliphatic heterocycles. The maximum absolute atomic E-state index is 13.6. The summed E-state index contributed by atoms with van der Waals surface area (Å²) < 4.78 is 32.4. The van der Waals surface area contributed by atoms with Crippen molar-refractivity contribution in [3.05, 3.63) is 47.5 Å². The van der Waals surface area contributed by atoms with Crippen LogP contribution in [0.2, 0.25) is 0 Å². The number of alkyl halides is 2. The Morgan fingerprint density at radius 2 is 2.14 bits per heavy atom. The summed E-state index contributed by atoms with van der Waals surface area (Å²) in [6.45, 7) is 3.00. The maximum atomic E-state index is 13.6. The van der Waals surface area contributed by atoms with Crippen molar-refractivity contribution in [1.29, 1.82) is 5.26 Å². The fourth-order valence-electron chi connectivity index (χ4n) is 3.77. The Morgan fingerprint density at radius 1 is 1.34 bits per heavy atom. The van der Waals surface area contributed by atoms with Crippen LogP contribution in [0, 0.1) is 25.2 Å². The molecule has 1 aromatic carbocycles. The van der Waals surface area contributed by atoms with Gasteiger partial charge in [0.2, 0.25) is 5.91 Å². The average molecular weight is 396 g/mol. The molecule has 148 valence electrons. The summed E-state index contributed by atoms with van der Waals surface area (Å²) in [4.78, 5) is 17.9. The number of rotatable bonds is 3. The number of benzene rings is 1. The second-order valence-electron chi connectivity index (χ2n) is 7.31. The first-order chi connectivity index (χ1) is 13.8. The van der Waals surface area contributed by atoms with Gasteiger partial charge in [0, 0.05) is 17.4 Å². The number of aromatic nitrogens is 2. The molecule has 0 saturated carbocycles. The van der Waals surface area contributed by atoms with Crippen LogP contribution in [-0.2, 0) is 11.2 Å². The van der Waals surface area contributed by atoms with E-state index in [1.54, 1.807) is 12.1 Å². The van der Waals surface area contributed by atoms with E-state index in [1.807, 2.05) is 38.1 Å². The number of carbonyl (C=O) groups excluding carboxylic acids is 1. The van der Waals surface area contributed by atoms with Gasteiger partial charge in [-0.2, -0.15) is 5.26 Å². The van der Waals surface area contributed by atoms with E-state index < -0.39 is 30.8 Å². The Hall–Kier alpha value is -3.34. The first-order valence-electron chi connectivity index (χ1n) is 9.17. The monoisotopic (exact) mass is 396 g/mol. The summed E-state index contributed by atoms with van der Waals surface area (Å²) in [6.07, 6.45) is -0.749. The smallest absolute Gasteiger partial charge is 0.268 e. The predicted octanol–water partition coefficient (Wildman–Crippen LogP) is 3.81. The fourth-order valence-corrected chi connectivity index (χ4v) is 3.77. The van der Waals surface area contributed by atoms with Gasteiger partial charge in [-0.05, 0) is 37.6 Å². The second kappa shape index (κ2) is 6.92. The van der Waals surface area contributed by atoms with Crippen molar-refractivity contribution in [3.63, 3.8) is 0 Å². The van der Waals surface area contributed by atoms with Gasteiger partial charge in [0.15, 0.2) is 0 Å². The molecule has 1 saturated heterocycles. The zero-order valence-electron chi connectivity index (χ0n) is 15.9. The number of hydrogen-bond acceptors (Lipinski definition) is 5. The number of nitrogens with zero attached hydrogens (tertiary/aromatic N) is 4. The van der Waals surface area contributed by atoms with Gasteiger partial charge in [-0.15, -0.1) is 0 Å². The highest BCUT2D eigenvalue weighted by atomic mass is 19.3. The molecule has 1 aliphatic rings. The van der Waals surface area contributed by atoms with E-state index >= 15 is 0 Å². The van der Waals surface area contributed by atoms with Crippen molar-refractivity contribution >= 4 is 16.8 Å². The van der Waals surface area contributed by atoms with Gasteiger partial charge >= 0.3 is 0 Å². The van der Waals surface area contributed by atoms with E-state index in [0.717, 1.165) is 32.9 Å². The molecule has 29 heavy (non-hydrogen) atoms. The Kier molecular flexibility index (Phi) is 4.53. The largest absolute Gasteiger partial charge is 0.361 e. The minimum atomic E-state index is -3.03. The van der Waals surface area contributed by atoms with Crippen molar-refractivity contribution < 1.29 is 18.1 Å². The quantitative estimate of drug-likeness (QED) is 0.672. The van der Waals surface area contributed by atoms with E-state index in [4.69, 9.17) is 9.78 Å². The molecule has 0 aliphatic carbocycles. The van der Waals surface area contributed by atoms with Gasteiger partial charge in [0.25, 0.3) is 5.92 Å². The van der Waals surface area contributed by atoms with Crippen LogP contribution in [0.25, 0.3) is 22.0 Å². The number of likely N-dealkylation sites (tertiary alicyclic amines) is 1. The number of carbonyl (C=O) groups is 1. The molecule has 1 amide bonds. The highest BCUT2D eigenvalue weighted by Gasteiger charge is 2.47. The van der Waals surface area contributed by atoms with Gasteiger partial charge < -0.3 is 9.42 Å². The topological polar surface area (TPSA) is 83.0 Å². The standard InChI is InChI=1S/C21H18F2N4O2/c1-12-20(13(2)29-26-12)15-4-6-18-14(7-15)3-5-16(25-18)8-19(28)27-11-21(22,23)9-17(27)10-24/h3-7,17H,8-9,11H2,1-2H3. The summed E-state index contributed by atoms with van der Waals surface area (Å²) in [6, 6.07) is 9.94. The molecule has 0 N–H and O–H groups in total. The molecule has 1 atom stereocenters. The molecule has 3 heterocycles. The van der Waals surface area contributed by atoms with Gasteiger partial charge in [-0.25, -0.2) is 8.78 Å². The Balaban J connectivity index is 1.58. The summed E-state index contributed by atoms with van der Waals surface area (Å²) in [7, 11) is 0. The summed E-state index contributed by atoms with van der Waals surface area (Å²) in [5.74, 6) is -2.82. The summed E-state index contributed by atoms with van der Waals surface area (Å²) in [5, 5.41) is 13.9. The van der Waals surface area contributed by atoms with E-state index in [2.05, 4.69) is 10.1 Å². The van der Waals surface area contributed by atoms with Crippen LogP contribution in [0.15, 0.2) is 34.9 Å². The van der Waals surface area contributed by atoms with E-state index in [-0.39, 0.29) is 6.42 Å². The third-order valence-corrected chi connectivity index (χ3v) is 5.14. The van der Waals surface area contributed by atoms with Crippen LogP contribution >= 0.6 is 0 Å². The first-order valence-corrected chi connectivity index (χ1v) is 9.17. The molecular formula is C21H18F2N4O2. The third-order valence-electron chi connectivity index (χ3n) is 5.14. The van der Waals surface area contributed by atoms with Gasteiger partial charge in [-0.1, -0.05) is 17.3 Å². The van der Waals surface area contributed by atoms with Crippen LogP contribution in [0.4, 0.5) is 8.78 Å². The lowest BCUT2D eigenvalue weighted by atomic mass is 10.0. The van der Waals surface area contributed by atoms with Crippen LogP contribution in [0.5, 0.6) is 0 Å². The van der Waals surface area contributed by atoms with E-state index in [0.29, 0.717) is 11.2 Å². The molecule has 4 rings (SSSR count). The minimum absolute atomic E-state index is 0.129. The summed E-state index contributed by atoms with van der Waals surface area (Å²) >= 11 is 0. The molecule has 2 aromatic heterocycles. The summed E-state index contributed by atoms with van der Waals surface area (Å²) in [5.41, 5.74) is 3.85. The predicted molar refractivity (Wildman–Crippen MR) is 101 cm³/mol. The first kappa shape index (κ1) is 19.0. The number of fused-ring (bicyclic) bond motifs is 1. The van der Waals surface area contributed by atoms with Crippen molar-refractivity contribution in [3.8, 4) is 17.2 Å². The molecule has 8 heteroatoms. The second-order valence-corrected chi connectivity index (χ2v) is 7.31. The maximum Gasteiger partial charge on any atom is 0.268 e. The van der Waals surface area contributed by atoms with Crippen LogP contribution < -0.4 is 0 Å². The molecule has 0 bridgehead atoms. The zero-order chi connectivity index (χ0) is 20.8. The van der Waals surface area contributed by atoms with Crippen molar-refractivity contribution in [1.82, 2.24) is 15.0 Å². The molecule has 1 fully saturated rings. The van der Waals surface area contributed by atoms with Crippen LogP contribution in [0.1, 0.15) is 23.6 Å². The Bertz CT molecular complexity index is 1130. The lowest BCUT2D eigenvalue weighted by molar-refractivity contribution is -0.131. The molecule has 1 unspecified atom stereocenters. The number of hydrogen-bond donors (Lipinski definition) is 0. The molecule has 6 nitrogen and oxygen atoms in total. The van der Waals surface area contributed by atoms with Gasteiger partial charge in [0.1, 0.15) is 11.8 Å². The SMILES string of the molecule is Cc1noc(C)c1-c1ccc2nc(CC(=O)N3CC(F)(F)CC3C#N)ccc2c1. The lowest BCUT2D eigenvalue weighted by Crippen LogP contribution is -2.37. The number of nitriles is 1. The fraction of sp³-hybridized carbons (Fsp3) is 0.333. The number of aryl methyl sites for hydroxylation is 2. The third kappa shape index (κ3) is 3.56. The Labute approximate surface area is 165 Å². The van der Waals surface area contributed by atoms with Gasteiger partial charge in [-0.3, -0.25) is 9.78 Å². The highest BCUT2D eigenvalue weighted by molar-refractivity contribution is 5.86. The van der Waals surface area contributed by atoms with E-state index in [1.165, 1.54) is 0 Å². The lowest BCUT2D eigenvalue weighted by Gasteiger charge is -2.18. The number of amides is 1. The normalized spacial score (nSPS) is 18.2. The molecular weight excluding hydrogens is 378 g/mol. The van der Waals surface area contributed by atoms with E-state index in [9.17, 15) is 13.6 Å². The zero-order valence-corrected chi connectivity index (χ0v) is 15.9. The molecule has 3 aromatic rings. The van der Waals surface area contributed by atoms with Crippen molar-refractivity contribution in [2.75, 3.05) is 6.54 Å². The molecule has 0 radical (unpaired) electrons. The Morgan fingerprint density at radius 3 is 2.83 bits per heavy atom.